The van der Waals surface area contributed by atoms with Crippen molar-refractivity contribution in [2.24, 2.45) is 0 Å². The highest BCUT2D eigenvalue weighted by atomic mass is 32.1. The third-order valence-electron chi connectivity index (χ3n) is 2.74. The number of methoxy groups -OCH3 is 1. The Labute approximate surface area is 106 Å². The average Bonchev–Trinajstić information content (AvgIpc) is 2.61. The Hall–Kier alpha value is -1.20. The topological polar surface area (TPSA) is 42.8 Å². The van der Waals surface area contributed by atoms with E-state index in [1.807, 2.05) is 19.1 Å². The van der Waals surface area contributed by atoms with E-state index in [9.17, 15) is 0 Å². The van der Waals surface area contributed by atoms with Crippen LogP contribution < -0.4 is 0 Å². The fraction of sp³-hybridized carbons (Fsp3) is 0.500. The van der Waals surface area contributed by atoms with E-state index in [-0.39, 0.29) is 0 Å². The fourth-order valence-electron chi connectivity index (χ4n) is 1.85. The number of H-pyrrole nitrogens is 1. The van der Waals surface area contributed by atoms with Gasteiger partial charge in [0.2, 0.25) is 0 Å². The summed E-state index contributed by atoms with van der Waals surface area (Å²) < 4.78 is 7.85. The van der Waals surface area contributed by atoms with Gasteiger partial charge in [0.25, 0.3) is 0 Å². The molecule has 0 saturated heterocycles. The van der Waals surface area contributed by atoms with Gasteiger partial charge in [-0.1, -0.05) is 0 Å². The molecule has 0 unspecified atom stereocenters. The van der Waals surface area contributed by atoms with Crippen LogP contribution in [0.25, 0.3) is 11.2 Å². The number of hydrogen-bond acceptors (Lipinski definition) is 3. The zero-order chi connectivity index (χ0) is 12.3. The van der Waals surface area contributed by atoms with E-state index in [0.29, 0.717) is 0 Å². The third kappa shape index (κ3) is 2.73. The normalized spacial score (nSPS) is 11.2. The molecule has 5 heteroatoms. The van der Waals surface area contributed by atoms with Crippen molar-refractivity contribution in [3.8, 4) is 0 Å². The van der Waals surface area contributed by atoms with Crippen LogP contribution in [0.15, 0.2) is 12.1 Å². The summed E-state index contributed by atoms with van der Waals surface area (Å²) in [5.74, 6) is 0. The lowest BCUT2D eigenvalue weighted by atomic mass is 10.3. The van der Waals surface area contributed by atoms with E-state index in [0.717, 1.165) is 47.6 Å². The number of imidazole rings is 1. The third-order valence-corrected chi connectivity index (χ3v) is 3.06. The van der Waals surface area contributed by atoms with Gasteiger partial charge in [-0.3, -0.25) is 0 Å². The molecule has 2 aromatic heterocycles. The minimum atomic E-state index is 0.746. The van der Waals surface area contributed by atoms with Gasteiger partial charge < -0.3 is 14.3 Å². The Kier molecular flexibility index (Phi) is 3.91. The molecule has 2 aromatic rings. The number of rotatable bonds is 5. The number of aromatic nitrogens is 3. The van der Waals surface area contributed by atoms with Gasteiger partial charge in [0.1, 0.15) is 0 Å². The molecule has 0 aliphatic heterocycles. The molecule has 1 N–H and O–H groups in total. The van der Waals surface area contributed by atoms with Gasteiger partial charge in [-0.25, -0.2) is 4.98 Å². The highest BCUT2D eigenvalue weighted by Gasteiger charge is 2.05. The lowest BCUT2D eigenvalue weighted by Gasteiger charge is -2.03. The second-order valence-electron chi connectivity index (χ2n) is 4.11. The van der Waals surface area contributed by atoms with Gasteiger partial charge in [-0.05, 0) is 44.1 Å². The standard InChI is InChI=1S/C12H17N3OS/c1-9-5-6-10-11(13-9)15(12(17)14-10)7-3-4-8-16-2/h5-6H,3-4,7-8H2,1-2H3,(H,14,17). The van der Waals surface area contributed by atoms with Crippen LogP contribution in [-0.2, 0) is 11.3 Å². The predicted molar refractivity (Wildman–Crippen MR) is 70.8 cm³/mol. The first-order valence-electron chi connectivity index (χ1n) is 5.77. The molecule has 0 fully saturated rings. The number of ether oxygens (including phenoxy) is 1. The Morgan fingerprint density at radius 2 is 2.24 bits per heavy atom. The highest BCUT2D eigenvalue weighted by Crippen LogP contribution is 2.13. The maximum atomic E-state index is 5.31. The van der Waals surface area contributed by atoms with Gasteiger partial charge in [0.05, 0.1) is 5.52 Å². The Morgan fingerprint density at radius 1 is 1.41 bits per heavy atom. The summed E-state index contributed by atoms with van der Waals surface area (Å²) in [4.78, 5) is 7.71. The van der Waals surface area contributed by atoms with Crippen LogP contribution in [0.1, 0.15) is 18.5 Å². The fourth-order valence-corrected chi connectivity index (χ4v) is 2.14. The first-order chi connectivity index (χ1) is 8.22. The molecule has 2 rings (SSSR count). The number of unbranched alkanes of at least 4 members (excludes halogenated alkanes) is 1. The van der Waals surface area contributed by atoms with Crippen molar-refractivity contribution in [1.82, 2.24) is 14.5 Å². The van der Waals surface area contributed by atoms with Crippen LogP contribution in [0.2, 0.25) is 0 Å². The molecule has 0 aliphatic carbocycles. The molecule has 0 aromatic carbocycles. The van der Waals surface area contributed by atoms with Crippen LogP contribution in [0, 0.1) is 11.7 Å². The summed E-state index contributed by atoms with van der Waals surface area (Å²) in [7, 11) is 1.72. The molecule has 17 heavy (non-hydrogen) atoms. The number of nitrogens with one attached hydrogen (secondary N) is 1. The van der Waals surface area contributed by atoms with E-state index in [1.165, 1.54) is 0 Å². The lowest BCUT2D eigenvalue weighted by molar-refractivity contribution is 0.191. The van der Waals surface area contributed by atoms with Crippen molar-refractivity contribution in [2.75, 3.05) is 13.7 Å². The number of aryl methyl sites for hydroxylation is 2. The molecular weight excluding hydrogens is 234 g/mol. The zero-order valence-corrected chi connectivity index (χ0v) is 11.0. The van der Waals surface area contributed by atoms with Gasteiger partial charge in [-0.2, -0.15) is 0 Å². The summed E-state index contributed by atoms with van der Waals surface area (Å²) >= 11 is 5.31. The van der Waals surface area contributed by atoms with Crippen molar-refractivity contribution in [3.63, 3.8) is 0 Å². The van der Waals surface area contributed by atoms with E-state index in [1.54, 1.807) is 7.11 Å². The van der Waals surface area contributed by atoms with E-state index < -0.39 is 0 Å². The van der Waals surface area contributed by atoms with Crippen LogP contribution in [0.4, 0.5) is 0 Å². The molecule has 0 aliphatic rings. The molecular formula is C12H17N3OS. The number of aromatic amines is 1. The maximum Gasteiger partial charge on any atom is 0.179 e. The molecule has 0 amide bonds. The number of fused-ring (bicyclic) bond motifs is 1. The molecule has 0 spiro atoms. The van der Waals surface area contributed by atoms with Crippen molar-refractivity contribution in [3.05, 3.63) is 22.6 Å². The summed E-state index contributed by atoms with van der Waals surface area (Å²) in [6.07, 6.45) is 2.08. The minimum absolute atomic E-state index is 0.746. The minimum Gasteiger partial charge on any atom is -0.385 e. The number of nitrogens with zero attached hydrogens (tertiary/aromatic N) is 2. The quantitative estimate of drug-likeness (QED) is 0.656. The van der Waals surface area contributed by atoms with Crippen LogP contribution in [0.5, 0.6) is 0 Å². The predicted octanol–water partition coefficient (Wildman–Crippen LogP) is 2.83. The van der Waals surface area contributed by atoms with Crippen LogP contribution in [-0.4, -0.2) is 28.3 Å². The van der Waals surface area contributed by atoms with Gasteiger partial charge in [0.15, 0.2) is 10.4 Å². The van der Waals surface area contributed by atoms with E-state index in [2.05, 4.69) is 14.5 Å². The second kappa shape index (κ2) is 5.42. The van der Waals surface area contributed by atoms with Crippen LogP contribution >= 0.6 is 12.2 Å². The van der Waals surface area contributed by atoms with Gasteiger partial charge in [0, 0.05) is 26.0 Å². The first-order valence-corrected chi connectivity index (χ1v) is 6.18. The molecule has 0 radical (unpaired) electrons. The van der Waals surface area contributed by atoms with Crippen molar-refractivity contribution in [1.29, 1.82) is 0 Å². The molecule has 0 atom stereocenters. The largest absolute Gasteiger partial charge is 0.385 e. The Morgan fingerprint density at radius 3 is 3.00 bits per heavy atom. The summed E-state index contributed by atoms with van der Waals surface area (Å²) in [5, 5.41) is 0. The molecule has 0 saturated carbocycles. The number of pyridine rings is 1. The van der Waals surface area contributed by atoms with E-state index in [4.69, 9.17) is 17.0 Å². The second-order valence-corrected chi connectivity index (χ2v) is 4.49. The molecule has 92 valence electrons. The Balaban J connectivity index is 2.23. The molecule has 4 nitrogen and oxygen atoms in total. The molecule has 0 bridgehead atoms. The van der Waals surface area contributed by atoms with Gasteiger partial charge in [-0.15, -0.1) is 0 Å². The zero-order valence-electron chi connectivity index (χ0n) is 10.2. The summed E-state index contributed by atoms with van der Waals surface area (Å²) in [5.41, 5.74) is 2.97. The lowest BCUT2D eigenvalue weighted by Crippen LogP contribution is -2.01. The molecule has 2 heterocycles. The van der Waals surface area contributed by atoms with Crippen LogP contribution in [0.3, 0.4) is 0 Å². The first kappa shape index (κ1) is 12.3. The summed E-state index contributed by atoms with van der Waals surface area (Å²) in [6, 6.07) is 4.02. The van der Waals surface area contributed by atoms with Crippen molar-refractivity contribution >= 4 is 23.4 Å². The SMILES string of the molecule is COCCCCn1c(=S)[nH]c2ccc(C)nc21. The monoisotopic (exact) mass is 251 g/mol. The Bertz CT molecular complexity index is 558. The average molecular weight is 251 g/mol. The summed E-state index contributed by atoms with van der Waals surface area (Å²) in [6.45, 7) is 3.67. The van der Waals surface area contributed by atoms with E-state index >= 15 is 0 Å². The van der Waals surface area contributed by atoms with Crippen molar-refractivity contribution < 1.29 is 4.74 Å². The maximum absolute atomic E-state index is 5.31. The smallest absolute Gasteiger partial charge is 0.179 e. The highest BCUT2D eigenvalue weighted by molar-refractivity contribution is 7.71. The van der Waals surface area contributed by atoms with Crippen molar-refractivity contribution in [2.45, 2.75) is 26.3 Å². The van der Waals surface area contributed by atoms with Gasteiger partial charge >= 0.3 is 0 Å². The number of hydrogen-bond donors (Lipinski definition) is 1.